The Morgan fingerprint density at radius 2 is 2.14 bits per heavy atom. The minimum Gasteiger partial charge on any atom is -0.465 e. The van der Waals surface area contributed by atoms with Crippen LogP contribution in [0.2, 0.25) is 0 Å². The lowest BCUT2D eigenvalue weighted by molar-refractivity contribution is 0.0600. The van der Waals surface area contributed by atoms with Crippen molar-refractivity contribution in [3.05, 3.63) is 52.0 Å². The third kappa shape index (κ3) is 4.62. The Labute approximate surface area is 134 Å². The lowest BCUT2D eigenvalue weighted by atomic mass is 10.0. The summed E-state index contributed by atoms with van der Waals surface area (Å²) in [5.74, 6) is -0.330. The second kappa shape index (κ2) is 8.03. The topological polar surface area (TPSA) is 71.5 Å². The number of aromatic nitrogens is 1. The van der Waals surface area contributed by atoms with Crippen molar-refractivity contribution in [1.29, 1.82) is 0 Å². The average molecular weight is 320 g/mol. The molecule has 2 aromatic rings. The van der Waals surface area contributed by atoms with E-state index in [0.717, 1.165) is 12.0 Å². The number of ether oxygens (including phenoxy) is 1. The number of nitrogens with one attached hydrogen (secondary N) is 1. The summed E-state index contributed by atoms with van der Waals surface area (Å²) in [6.07, 6.45) is 0.223. The van der Waals surface area contributed by atoms with E-state index in [-0.39, 0.29) is 12.0 Å². The van der Waals surface area contributed by atoms with Crippen molar-refractivity contribution >= 4 is 17.3 Å². The molecule has 2 atom stereocenters. The van der Waals surface area contributed by atoms with Crippen LogP contribution in [0.25, 0.3) is 0 Å². The maximum Gasteiger partial charge on any atom is 0.337 e. The first-order valence-electron chi connectivity index (χ1n) is 7.07. The third-order valence-corrected chi connectivity index (χ3v) is 3.97. The van der Waals surface area contributed by atoms with Gasteiger partial charge in [0, 0.05) is 18.0 Å². The number of carbonyl (C=O) groups is 1. The number of methoxy groups -OCH3 is 1. The number of carbonyl (C=O) groups excluding carboxylic acids is 1. The van der Waals surface area contributed by atoms with Crippen LogP contribution < -0.4 is 5.32 Å². The molecule has 2 rings (SSSR count). The molecule has 2 unspecified atom stereocenters. The van der Waals surface area contributed by atoms with Crippen LogP contribution in [0.4, 0.5) is 0 Å². The van der Waals surface area contributed by atoms with Crippen molar-refractivity contribution in [3.63, 3.8) is 0 Å². The summed E-state index contributed by atoms with van der Waals surface area (Å²) in [5, 5.41) is 15.1. The number of aliphatic hydroxyl groups is 1. The van der Waals surface area contributed by atoms with E-state index in [0.29, 0.717) is 17.8 Å². The van der Waals surface area contributed by atoms with Crippen LogP contribution >= 0.6 is 11.3 Å². The Morgan fingerprint density at radius 1 is 1.41 bits per heavy atom. The van der Waals surface area contributed by atoms with Crippen LogP contribution in [-0.2, 0) is 11.2 Å². The summed E-state index contributed by atoms with van der Waals surface area (Å²) < 4.78 is 4.67. The number of hydrogen-bond acceptors (Lipinski definition) is 6. The molecule has 0 aliphatic carbocycles. The second-order valence-corrected chi connectivity index (χ2v) is 5.85. The van der Waals surface area contributed by atoms with Crippen LogP contribution in [0.5, 0.6) is 0 Å². The van der Waals surface area contributed by atoms with Crippen LogP contribution in [0.3, 0.4) is 0 Å². The van der Waals surface area contributed by atoms with Crippen molar-refractivity contribution in [2.75, 3.05) is 13.7 Å². The zero-order valence-electron chi connectivity index (χ0n) is 12.7. The molecular weight excluding hydrogens is 300 g/mol. The Balaban J connectivity index is 1.81. The van der Waals surface area contributed by atoms with E-state index in [1.54, 1.807) is 17.6 Å². The molecule has 2 N–H and O–H groups in total. The third-order valence-electron chi connectivity index (χ3n) is 3.37. The normalized spacial score (nSPS) is 13.6. The smallest absolute Gasteiger partial charge is 0.337 e. The monoisotopic (exact) mass is 320 g/mol. The zero-order chi connectivity index (χ0) is 15.9. The van der Waals surface area contributed by atoms with E-state index in [4.69, 9.17) is 0 Å². The Morgan fingerprint density at radius 3 is 2.73 bits per heavy atom. The van der Waals surface area contributed by atoms with Gasteiger partial charge in [0.2, 0.25) is 0 Å². The highest BCUT2D eigenvalue weighted by Gasteiger charge is 2.12. The maximum absolute atomic E-state index is 11.4. The van der Waals surface area contributed by atoms with E-state index in [9.17, 15) is 9.90 Å². The minimum atomic E-state index is -0.588. The van der Waals surface area contributed by atoms with Gasteiger partial charge in [0.05, 0.1) is 23.9 Å². The molecule has 1 heterocycles. The van der Waals surface area contributed by atoms with Gasteiger partial charge < -0.3 is 15.2 Å². The second-order valence-electron chi connectivity index (χ2n) is 5.13. The molecule has 0 spiro atoms. The first-order chi connectivity index (χ1) is 10.6. The van der Waals surface area contributed by atoms with E-state index in [1.807, 2.05) is 17.5 Å². The fourth-order valence-corrected chi connectivity index (χ4v) is 2.73. The number of thiazole rings is 1. The molecule has 0 amide bonds. The lowest BCUT2D eigenvalue weighted by Crippen LogP contribution is -2.32. The van der Waals surface area contributed by atoms with Crippen LogP contribution in [-0.4, -0.2) is 35.8 Å². The maximum atomic E-state index is 11.4. The molecule has 0 saturated carbocycles. The molecule has 1 aromatic carbocycles. The van der Waals surface area contributed by atoms with Gasteiger partial charge in [0.15, 0.2) is 0 Å². The summed E-state index contributed by atoms with van der Waals surface area (Å²) >= 11 is 1.47. The van der Waals surface area contributed by atoms with Crippen molar-refractivity contribution in [1.82, 2.24) is 10.3 Å². The van der Waals surface area contributed by atoms with Gasteiger partial charge in [-0.3, -0.25) is 0 Å². The zero-order valence-corrected chi connectivity index (χ0v) is 13.5. The average Bonchev–Trinajstić information content (AvgIpc) is 3.07. The van der Waals surface area contributed by atoms with E-state index < -0.39 is 6.10 Å². The van der Waals surface area contributed by atoms with Gasteiger partial charge in [0.25, 0.3) is 0 Å². The fourth-order valence-electron chi connectivity index (χ4n) is 2.12. The highest BCUT2D eigenvalue weighted by atomic mass is 32.1. The van der Waals surface area contributed by atoms with Gasteiger partial charge in [-0.1, -0.05) is 12.1 Å². The van der Waals surface area contributed by atoms with Gasteiger partial charge in [-0.25, -0.2) is 9.78 Å². The number of esters is 1. The lowest BCUT2D eigenvalue weighted by Gasteiger charge is -2.16. The molecule has 22 heavy (non-hydrogen) atoms. The molecule has 0 aliphatic rings. The molecular formula is C16H20N2O3S. The van der Waals surface area contributed by atoms with Crippen molar-refractivity contribution in [3.8, 4) is 0 Å². The first-order valence-corrected chi connectivity index (χ1v) is 8.01. The van der Waals surface area contributed by atoms with Crippen LogP contribution in [0, 0.1) is 0 Å². The quantitative estimate of drug-likeness (QED) is 0.765. The molecule has 1 aromatic heterocycles. The molecule has 0 fully saturated rings. The van der Waals surface area contributed by atoms with E-state index >= 15 is 0 Å². The van der Waals surface area contributed by atoms with Gasteiger partial charge in [0.1, 0.15) is 6.10 Å². The van der Waals surface area contributed by atoms with Crippen LogP contribution in [0.1, 0.15) is 34.6 Å². The fraction of sp³-hybridized carbons (Fsp3) is 0.375. The standard InChI is InChI=1S/C16H20N2O3S/c1-11(17-8-15(19)14-9-22-10-18-14)7-12-3-5-13(6-4-12)16(20)21-2/h3-6,9-11,15,17,19H,7-8H2,1-2H3. The molecule has 0 radical (unpaired) electrons. The minimum absolute atomic E-state index is 0.206. The van der Waals surface area contributed by atoms with E-state index in [1.165, 1.54) is 18.4 Å². The Hall–Kier alpha value is -1.76. The SMILES string of the molecule is COC(=O)c1ccc(CC(C)NCC(O)c2cscn2)cc1. The molecule has 0 saturated heterocycles. The highest BCUT2D eigenvalue weighted by Crippen LogP contribution is 2.12. The van der Waals surface area contributed by atoms with Gasteiger partial charge >= 0.3 is 5.97 Å². The van der Waals surface area contributed by atoms with Gasteiger partial charge in [-0.15, -0.1) is 11.3 Å². The number of rotatable bonds is 7. The summed E-state index contributed by atoms with van der Waals surface area (Å²) in [6.45, 7) is 2.52. The number of nitrogens with zero attached hydrogens (tertiary/aromatic N) is 1. The van der Waals surface area contributed by atoms with Gasteiger partial charge in [-0.05, 0) is 31.0 Å². The summed E-state index contributed by atoms with van der Waals surface area (Å²) in [6, 6.07) is 7.57. The Bertz CT molecular complexity index is 584. The highest BCUT2D eigenvalue weighted by molar-refractivity contribution is 7.07. The molecule has 0 aliphatic heterocycles. The van der Waals surface area contributed by atoms with Crippen LogP contribution in [0.15, 0.2) is 35.2 Å². The predicted octanol–water partition coefficient (Wildman–Crippen LogP) is 2.18. The van der Waals surface area contributed by atoms with E-state index in [2.05, 4.69) is 22.0 Å². The van der Waals surface area contributed by atoms with Crippen molar-refractivity contribution < 1.29 is 14.6 Å². The summed E-state index contributed by atoms with van der Waals surface area (Å²) in [4.78, 5) is 15.5. The Kier molecular flexibility index (Phi) is 6.06. The van der Waals surface area contributed by atoms with Gasteiger partial charge in [-0.2, -0.15) is 0 Å². The largest absolute Gasteiger partial charge is 0.465 e. The van der Waals surface area contributed by atoms with Crippen molar-refractivity contribution in [2.24, 2.45) is 0 Å². The summed E-state index contributed by atoms with van der Waals surface area (Å²) in [7, 11) is 1.37. The van der Waals surface area contributed by atoms with Crippen molar-refractivity contribution in [2.45, 2.75) is 25.5 Å². The number of benzene rings is 1. The summed E-state index contributed by atoms with van der Waals surface area (Å²) in [5.41, 5.74) is 4.08. The molecule has 6 heteroatoms. The number of aliphatic hydroxyl groups excluding tert-OH is 1. The first kappa shape index (κ1) is 16.6. The number of hydrogen-bond donors (Lipinski definition) is 2. The predicted molar refractivity (Wildman–Crippen MR) is 86.0 cm³/mol. The molecule has 5 nitrogen and oxygen atoms in total. The molecule has 0 bridgehead atoms. The molecule has 118 valence electrons.